The summed E-state index contributed by atoms with van der Waals surface area (Å²) in [5.41, 5.74) is 0.828. The summed E-state index contributed by atoms with van der Waals surface area (Å²) >= 11 is 0. The van der Waals surface area contributed by atoms with E-state index in [0.29, 0.717) is 24.7 Å². The Morgan fingerprint density at radius 3 is 2.78 bits per heavy atom. The lowest BCUT2D eigenvalue weighted by atomic mass is 10.2. The van der Waals surface area contributed by atoms with E-state index in [0.717, 1.165) is 5.56 Å². The van der Waals surface area contributed by atoms with Crippen LogP contribution in [0.25, 0.3) is 11.4 Å². The minimum absolute atomic E-state index is 0.363. The monoisotopic (exact) mass is 250 g/mol. The highest BCUT2D eigenvalue weighted by molar-refractivity contribution is 5.56. The van der Waals surface area contributed by atoms with E-state index in [1.54, 1.807) is 0 Å². The maximum Gasteiger partial charge on any atom is 0.260 e. The number of aromatic nitrogens is 3. The number of anilines is 1. The smallest absolute Gasteiger partial charge is 0.260 e. The van der Waals surface area contributed by atoms with Crippen LogP contribution in [0.4, 0.5) is 14.7 Å². The molecular formula is C12H12F2N4. The maximum absolute atomic E-state index is 12.9. The molecular weight excluding hydrogens is 238 g/mol. The van der Waals surface area contributed by atoms with Gasteiger partial charge in [-0.1, -0.05) is 30.3 Å². The van der Waals surface area contributed by atoms with Gasteiger partial charge in [0.1, 0.15) is 6.04 Å². The fourth-order valence-electron chi connectivity index (χ4n) is 2.07. The van der Waals surface area contributed by atoms with Crippen molar-refractivity contribution in [1.29, 1.82) is 0 Å². The van der Waals surface area contributed by atoms with Crippen LogP contribution in [0.1, 0.15) is 12.5 Å². The van der Waals surface area contributed by atoms with Crippen LogP contribution in [0.3, 0.4) is 0 Å². The van der Waals surface area contributed by atoms with Crippen molar-refractivity contribution in [2.24, 2.45) is 0 Å². The first-order valence-electron chi connectivity index (χ1n) is 5.79. The molecule has 6 heteroatoms. The van der Waals surface area contributed by atoms with Crippen molar-refractivity contribution >= 4 is 5.95 Å². The van der Waals surface area contributed by atoms with Crippen LogP contribution < -0.4 is 5.32 Å². The van der Waals surface area contributed by atoms with Gasteiger partial charge in [-0.05, 0) is 6.42 Å². The third-order valence-corrected chi connectivity index (χ3v) is 2.99. The van der Waals surface area contributed by atoms with Crippen molar-refractivity contribution in [2.75, 3.05) is 11.9 Å². The van der Waals surface area contributed by atoms with Gasteiger partial charge in [-0.25, -0.2) is 13.5 Å². The Kier molecular flexibility index (Phi) is 2.70. The highest BCUT2D eigenvalue weighted by Gasteiger charge is 2.30. The fourth-order valence-corrected chi connectivity index (χ4v) is 2.07. The predicted molar refractivity (Wildman–Crippen MR) is 63.6 cm³/mol. The lowest BCUT2D eigenvalue weighted by Gasteiger charge is -2.23. The summed E-state index contributed by atoms with van der Waals surface area (Å²) in [6.07, 6.45) is -2.06. The van der Waals surface area contributed by atoms with E-state index in [-0.39, 0.29) is 0 Å². The molecule has 0 aliphatic carbocycles. The van der Waals surface area contributed by atoms with E-state index >= 15 is 0 Å². The SMILES string of the molecule is FC(F)C1CCNc2nc(-c3ccccc3)nn21. The minimum Gasteiger partial charge on any atom is -0.354 e. The second kappa shape index (κ2) is 4.36. The lowest BCUT2D eigenvalue weighted by Crippen LogP contribution is -2.28. The Morgan fingerprint density at radius 2 is 2.06 bits per heavy atom. The van der Waals surface area contributed by atoms with Gasteiger partial charge in [-0.2, -0.15) is 4.98 Å². The van der Waals surface area contributed by atoms with Gasteiger partial charge in [0.15, 0.2) is 5.82 Å². The van der Waals surface area contributed by atoms with E-state index < -0.39 is 12.5 Å². The number of hydrogen-bond acceptors (Lipinski definition) is 3. The van der Waals surface area contributed by atoms with Crippen LogP contribution in [0.15, 0.2) is 30.3 Å². The third kappa shape index (κ3) is 1.83. The van der Waals surface area contributed by atoms with Gasteiger partial charge in [-0.3, -0.25) is 0 Å². The molecule has 1 aliphatic rings. The molecule has 18 heavy (non-hydrogen) atoms. The Balaban J connectivity index is 2.01. The normalized spacial score (nSPS) is 18.5. The highest BCUT2D eigenvalue weighted by Crippen LogP contribution is 2.29. The number of rotatable bonds is 2. The average molecular weight is 250 g/mol. The van der Waals surface area contributed by atoms with Crippen LogP contribution in [0.5, 0.6) is 0 Å². The molecule has 0 radical (unpaired) electrons. The quantitative estimate of drug-likeness (QED) is 0.890. The van der Waals surface area contributed by atoms with Gasteiger partial charge in [0.25, 0.3) is 6.43 Å². The number of fused-ring (bicyclic) bond motifs is 1. The number of halogens is 2. The number of benzene rings is 1. The van der Waals surface area contributed by atoms with Crippen molar-refractivity contribution in [1.82, 2.24) is 14.8 Å². The maximum atomic E-state index is 12.9. The topological polar surface area (TPSA) is 42.7 Å². The molecule has 94 valence electrons. The van der Waals surface area contributed by atoms with Crippen LogP contribution >= 0.6 is 0 Å². The molecule has 0 saturated carbocycles. The van der Waals surface area contributed by atoms with Crippen LogP contribution in [-0.4, -0.2) is 27.7 Å². The number of nitrogens with one attached hydrogen (secondary N) is 1. The number of nitrogens with zero attached hydrogens (tertiary/aromatic N) is 3. The summed E-state index contributed by atoms with van der Waals surface area (Å²) in [4.78, 5) is 4.26. The van der Waals surface area contributed by atoms with Gasteiger partial charge >= 0.3 is 0 Å². The molecule has 2 heterocycles. The van der Waals surface area contributed by atoms with Crippen molar-refractivity contribution in [3.05, 3.63) is 30.3 Å². The van der Waals surface area contributed by atoms with Crippen LogP contribution in [0, 0.1) is 0 Å². The molecule has 1 aliphatic heterocycles. The van der Waals surface area contributed by atoms with Crippen molar-refractivity contribution < 1.29 is 8.78 Å². The summed E-state index contributed by atoms with van der Waals surface area (Å²) in [5.74, 6) is 0.899. The van der Waals surface area contributed by atoms with E-state index in [2.05, 4.69) is 15.4 Å². The number of alkyl halides is 2. The molecule has 4 nitrogen and oxygen atoms in total. The summed E-state index contributed by atoms with van der Waals surface area (Å²) in [5, 5.41) is 7.18. The van der Waals surface area contributed by atoms with Crippen molar-refractivity contribution in [2.45, 2.75) is 18.9 Å². The molecule has 2 aromatic rings. The predicted octanol–water partition coefficient (Wildman–Crippen LogP) is 2.57. The van der Waals surface area contributed by atoms with E-state index in [1.807, 2.05) is 30.3 Å². The summed E-state index contributed by atoms with van der Waals surface area (Å²) < 4.78 is 27.1. The molecule has 1 unspecified atom stereocenters. The Labute approximate surface area is 103 Å². The Bertz CT molecular complexity index is 538. The minimum atomic E-state index is -2.42. The summed E-state index contributed by atoms with van der Waals surface area (Å²) in [6.45, 7) is 0.502. The second-order valence-corrected chi connectivity index (χ2v) is 4.19. The molecule has 0 spiro atoms. The molecule has 0 fully saturated rings. The largest absolute Gasteiger partial charge is 0.354 e. The van der Waals surface area contributed by atoms with Gasteiger partial charge in [-0.15, -0.1) is 5.10 Å². The Hall–Kier alpha value is -1.98. The van der Waals surface area contributed by atoms with Crippen LogP contribution in [0.2, 0.25) is 0 Å². The molecule has 3 rings (SSSR count). The zero-order chi connectivity index (χ0) is 12.5. The van der Waals surface area contributed by atoms with Gasteiger partial charge in [0.05, 0.1) is 0 Å². The lowest BCUT2D eigenvalue weighted by molar-refractivity contribution is 0.0714. The highest BCUT2D eigenvalue weighted by atomic mass is 19.3. The Morgan fingerprint density at radius 1 is 1.28 bits per heavy atom. The first-order valence-corrected chi connectivity index (χ1v) is 5.79. The zero-order valence-corrected chi connectivity index (χ0v) is 9.55. The standard InChI is InChI=1S/C12H12F2N4/c13-10(14)9-6-7-15-12-16-11(17-18(9)12)8-4-2-1-3-5-8/h1-5,9-10H,6-7H2,(H,15,16,17). The average Bonchev–Trinajstić information content (AvgIpc) is 2.83. The molecule has 1 atom stereocenters. The van der Waals surface area contributed by atoms with E-state index in [1.165, 1.54) is 4.68 Å². The van der Waals surface area contributed by atoms with Crippen molar-refractivity contribution in [3.8, 4) is 11.4 Å². The van der Waals surface area contributed by atoms with E-state index in [9.17, 15) is 8.78 Å². The second-order valence-electron chi connectivity index (χ2n) is 4.19. The summed E-state index contributed by atoms with van der Waals surface area (Å²) in [6, 6.07) is 8.46. The first kappa shape index (κ1) is 11.1. The number of hydrogen-bond donors (Lipinski definition) is 1. The van der Waals surface area contributed by atoms with Crippen LogP contribution in [-0.2, 0) is 0 Å². The van der Waals surface area contributed by atoms with E-state index in [4.69, 9.17) is 0 Å². The fraction of sp³-hybridized carbons (Fsp3) is 0.333. The molecule has 0 amide bonds. The first-order chi connectivity index (χ1) is 8.75. The summed E-state index contributed by atoms with van der Waals surface area (Å²) in [7, 11) is 0. The van der Waals surface area contributed by atoms with Gasteiger partial charge in [0.2, 0.25) is 5.95 Å². The molecule has 0 saturated heterocycles. The molecule has 1 N–H and O–H groups in total. The molecule has 1 aromatic carbocycles. The molecule has 0 bridgehead atoms. The molecule has 1 aromatic heterocycles. The zero-order valence-electron chi connectivity index (χ0n) is 9.55. The van der Waals surface area contributed by atoms with Gasteiger partial charge in [0, 0.05) is 12.1 Å². The van der Waals surface area contributed by atoms with Crippen molar-refractivity contribution in [3.63, 3.8) is 0 Å². The third-order valence-electron chi connectivity index (χ3n) is 2.99. The van der Waals surface area contributed by atoms with Gasteiger partial charge < -0.3 is 5.32 Å².